The summed E-state index contributed by atoms with van der Waals surface area (Å²) >= 11 is 8.24. The number of carbonyl (C=O) groups excluding carboxylic acids is 1. The molecule has 186 valence electrons. The van der Waals surface area contributed by atoms with Crippen molar-refractivity contribution in [3.05, 3.63) is 82.3 Å². The van der Waals surface area contributed by atoms with E-state index in [-0.39, 0.29) is 11.9 Å². The van der Waals surface area contributed by atoms with Crippen LogP contribution in [0, 0.1) is 0 Å². The number of carbonyl (C=O) groups is 1. The van der Waals surface area contributed by atoms with Crippen LogP contribution in [0.4, 0.5) is 0 Å². The molecule has 1 N–H and O–H groups in total. The Morgan fingerprint density at radius 2 is 1.89 bits per heavy atom. The number of fused-ring (bicyclic) bond motifs is 1. The van der Waals surface area contributed by atoms with Crippen LogP contribution < -0.4 is 10.1 Å². The van der Waals surface area contributed by atoms with Crippen molar-refractivity contribution in [2.75, 3.05) is 14.2 Å². The van der Waals surface area contributed by atoms with Crippen molar-refractivity contribution >= 4 is 38.9 Å². The lowest BCUT2D eigenvalue weighted by Gasteiger charge is -2.37. The molecule has 2 heterocycles. The average Bonchev–Trinajstić information content (AvgIpc) is 3.28. The molecule has 2 aromatic carbocycles. The lowest BCUT2D eigenvalue weighted by Crippen LogP contribution is -2.44. The van der Waals surface area contributed by atoms with E-state index in [0.29, 0.717) is 28.4 Å². The largest absolute Gasteiger partial charge is 0.481 e. The van der Waals surface area contributed by atoms with E-state index in [1.54, 1.807) is 7.11 Å². The predicted octanol–water partition coefficient (Wildman–Crippen LogP) is 6.80. The maximum atomic E-state index is 14.0. The van der Waals surface area contributed by atoms with Crippen LogP contribution in [0.2, 0.25) is 5.02 Å². The van der Waals surface area contributed by atoms with Gasteiger partial charge in [-0.15, -0.1) is 11.3 Å². The first-order chi connectivity index (χ1) is 17.6. The van der Waals surface area contributed by atoms with E-state index in [2.05, 4.69) is 28.5 Å². The quantitative estimate of drug-likeness (QED) is 0.292. The summed E-state index contributed by atoms with van der Waals surface area (Å²) in [6, 6.07) is 20.9. The van der Waals surface area contributed by atoms with Crippen molar-refractivity contribution in [1.82, 2.24) is 15.2 Å². The molecule has 5 nitrogen and oxygen atoms in total. The van der Waals surface area contributed by atoms with Gasteiger partial charge in [0.25, 0.3) is 5.91 Å². The molecule has 0 aliphatic heterocycles. The first-order valence-corrected chi connectivity index (χ1v) is 13.5. The number of rotatable bonds is 7. The van der Waals surface area contributed by atoms with Gasteiger partial charge in [0.15, 0.2) is 0 Å². The molecule has 0 bridgehead atoms. The fourth-order valence-corrected chi connectivity index (χ4v) is 6.51. The Kier molecular flexibility index (Phi) is 7.56. The molecule has 1 amide bonds. The number of ether oxygens (including phenoxy) is 1. The number of hydrogen-bond acceptors (Lipinski definition) is 5. The molecule has 5 rings (SSSR count). The summed E-state index contributed by atoms with van der Waals surface area (Å²) in [6.07, 6.45) is 5.88. The molecule has 0 atom stereocenters. The second-order valence-corrected chi connectivity index (χ2v) is 10.7. The first kappa shape index (κ1) is 24.8. The summed E-state index contributed by atoms with van der Waals surface area (Å²) in [6.45, 7) is 0.537. The summed E-state index contributed by atoms with van der Waals surface area (Å²) in [5.74, 6) is 0.606. The van der Waals surface area contributed by atoms with E-state index in [9.17, 15) is 4.79 Å². The standard InChI is InChI=1S/C29H30ClN3O2S/c1-31-22-11-13-23(14-12-22)33(29(34)28-27(30)24-8-3-4-9-25(24)36-28)18-19-6-5-7-20(16-19)21-10-15-26(35-2)32-17-21/h3-10,15-17,22-23,31H,11-14,18H2,1-2H3. The summed E-state index contributed by atoms with van der Waals surface area (Å²) in [5.41, 5.74) is 3.16. The van der Waals surface area contributed by atoms with Gasteiger partial charge in [-0.3, -0.25) is 4.79 Å². The van der Waals surface area contributed by atoms with E-state index in [0.717, 1.165) is 52.5 Å². The van der Waals surface area contributed by atoms with Gasteiger partial charge in [0, 0.05) is 46.5 Å². The highest BCUT2D eigenvalue weighted by Gasteiger charge is 2.31. The molecule has 1 fully saturated rings. The number of nitrogens with zero attached hydrogens (tertiary/aromatic N) is 2. The van der Waals surface area contributed by atoms with E-state index >= 15 is 0 Å². The molecule has 2 aromatic heterocycles. The average molecular weight is 520 g/mol. The number of pyridine rings is 1. The number of hydrogen-bond donors (Lipinski definition) is 1. The summed E-state index contributed by atoms with van der Waals surface area (Å²) in [4.78, 5) is 21.1. The molecule has 1 aliphatic carbocycles. The second kappa shape index (κ2) is 11.0. The Bertz CT molecular complexity index is 1350. The molecular weight excluding hydrogens is 490 g/mol. The minimum absolute atomic E-state index is 0.0191. The zero-order valence-electron chi connectivity index (χ0n) is 20.5. The number of aromatic nitrogens is 1. The summed E-state index contributed by atoms with van der Waals surface area (Å²) in [5, 5.41) is 4.90. The van der Waals surface area contributed by atoms with Crippen LogP contribution >= 0.6 is 22.9 Å². The second-order valence-electron chi connectivity index (χ2n) is 9.26. The van der Waals surface area contributed by atoms with Gasteiger partial charge in [0.2, 0.25) is 5.88 Å². The van der Waals surface area contributed by atoms with Crippen LogP contribution in [-0.2, 0) is 6.54 Å². The van der Waals surface area contributed by atoms with Crippen molar-refractivity contribution in [3.63, 3.8) is 0 Å². The minimum Gasteiger partial charge on any atom is -0.481 e. The Labute approximate surface area is 221 Å². The van der Waals surface area contributed by atoms with Gasteiger partial charge in [0.1, 0.15) is 4.88 Å². The number of amides is 1. The van der Waals surface area contributed by atoms with Crippen molar-refractivity contribution < 1.29 is 9.53 Å². The molecule has 36 heavy (non-hydrogen) atoms. The first-order valence-electron chi connectivity index (χ1n) is 12.3. The molecule has 0 radical (unpaired) electrons. The number of thiophene rings is 1. The molecule has 1 saturated carbocycles. The van der Waals surface area contributed by atoms with Crippen molar-refractivity contribution in [2.45, 2.75) is 44.3 Å². The van der Waals surface area contributed by atoms with Gasteiger partial charge in [-0.2, -0.15) is 0 Å². The molecule has 7 heteroatoms. The summed E-state index contributed by atoms with van der Waals surface area (Å²) < 4.78 is 6.23. The molecule has 4 aromatic rings. The van der Waals surface area contributed by atoms with Crippen molar-refractivity contribution in [3.8, 4) is 17.0 Å². The molecule has 0 spiro atoms. The zero-order chi connectivity index (χ0) is 25.1. The lowest BCUT2D eigenvalue weighted by atomic mass is 9.89. The number of methoxy groups -OCH3 is 1. The van der Waals surface area contributed by atoms with E-state index in [1.807, 2.05) is 60.6 Å². The molecule has 0 saturated heterocycles. The normalized spacial score (nSPS) is 17.8. The lowest BCUT2D eigenvalue weighted by molar-refractivity contribution is 0.0606. The maximum Gasteiger partial charge on any atom is 0.266 e. The zero-order valence-corrected chi connectivity index (χ0v) is 22.1. The predicted molar refractivity (Wildman–Crippen MR) is 148 cm³/mol. The Hall–Kier alpha value is -2.93. The van der Waals surface area contributed by atoms with Gasteiger partial charge in [-0.25, -0.2) is 4.98 Å². The van der Waals surface area contributed by atoms with Crippen LogP contribution in [0.3, 0.4) is 0 Å². The van der Waals surface area contributed by atoms with Crippen molar-refractivity contribution in [1.29, 1.82) is 0 Å². The third-order valence-electron chi connectivity index (χ3n) is 7.09. The fourth-order valence-electron chi connectivity index (χ4n) is 5.04. The molecular formula is C29H30ClN3O2S. The van der Waals surface area contributed by atoms with Gasteiger partial charge in [-0.05, 0) is 62.1 Å². The summed E-state index contributed by atoms with van der Waals surface area (Å²) in [7, 11) is 3.63. The van der Waals surface area contributed by atoms with E-state index in [4.69, 9.17) is 16.3 Å². The topological polar surface area (TPSA) is 54.5 Å². The number of nitrogens with one attached hydrogen (secondary N) is 1. The van der Waals surface area contributed by atoms with Gasteiger partial charge >= 0.3 is 0 Å². The van der Waals surface area contributed by atoms with E-state index < -0.39 is 0 Å². The maximum absolute atomic E-state index is 14.0. The highest BCUT2D eigenvalue weighted by atomic mass is 35.5. The minimum atomic E-state index is 0.0191. The Morgan fingerprint density at radius 1 is 1.08 bits per heavy atom. The molecule has 0 unspecified atom stereocenters. The van der Waals surface area contributed by atoms with Gasteiger partial charge in [-0.1, -0.05) is 48.0 Å². The number of benzene rings is 2. The van der Waals surface area contributed by atoms with Crippen LogP contribution in [0.15, 0.2) is 66.9 Å². The number of halogens is 1. The van der Waals surface area contributed by atoms with Crippen LogP contribution in [-0.4, -0.2) is 42.0 Å². The van der Waals surface area contributed by atoms with Crippen LogP contribution in [0.5, 0.6) is 5.88 Å². The third-order valence-corrected chi connectivity index (χ3v) is 8.76. The Balaban J connectivity index is 1.46. The van der Waals surface area contributed by atoms with Gasteiger partial charge in [0.05, 0.1) is 12.1 Å². The SMILES string of the molecule is CNC1CCC(N(Cc2cccc(-c3ccc(OC)nc3)c2)C(=O)c2sc3ccccc3c2Cl)CC1. The van der Waals surface area contributed by atoms with Crippen LogP contribution in [0.25, 0.3) is 21.2 Å². The fraction of sp³-hybridized carbons (Fsp3) is 0.310. The Morgan fingerprint density at radius 3 is 2.58 bits per heavy atom. The smallest absolute Gasteiger partial charge is 0.266 e. The highest BCUT2D eigenvalue weighted by Crippen LogP contribution is 2.37. The van der Waals surface area contributed by atoms with Gasteiger partial charge < -0.3 is 15.0 Å². The monoisotopic (exact) mass is 519 g/mol. The van der Waals surface area contributed by atoms with Crippen LogP contribution in [0.1, 0.15) is 40.9 Å². The van der Waals surface area contributed by atoms with Crippen molar-refractivity contribution in [2.24, 2.45) is 0 Å². The van der Waals surface area contributed by atoms with E-state index in [1.165, 1.54) is 11.3 Å². The molecule has 1 aliphatic rings. The third kappa shape index (κ3) is 5.12. The highest BCUT2D eigenvalue weighted by molar-refractivity contribution is 7.21.